The molecule has 1 aliphatic rings. The molecule has 0 atom stereocenters. The molecule has 0 radical (unpaired) electrons. The van der Waals surface area contributed by atoms with Crippen LogP contribution in [0.25, 0.3) is 0 Å². The van der Waals surface area contributed by atoms with Crippen molar-refractivity contribution < 1.29 is 13.2 Å². The second kappa shape index (κ2) is 8.35. The highest BCUT2D eigenvalue weighted by molar-refractivity contribution is 7.92. The molecule has 4 nitrogen and oxygen atoms in total. The zero-order valence-electron chi connectivity index (χ0n) is 16.2. The van der Waals surface area contributed by atoms with Crippen LogP contribution >= 0.6 is 34.5 Å². The number of benzene rings is 2. The second-order valence-electron chi connectivity index (χ2n) is 7.26. The zero-order chi connectivity index (χ0) is 21.5. The summed E-state index contributed by atoms with van der Waals surface area (Å²) in [7, 11) is -3.79. The van der Waals surface area contributed by atoms with E-state index in [0.29, 0.717) is 16.4 Å². The average Bonchev–Trinajstić information content (AvgIpc) is 3.06. The van der Waals surface area contributed by atoms with Crippen LogP contribution < -0.4 is 5.32 Å². The molecule has 8 heteroatoms. The highest BCUT2D eigenvalue weighted by Crippen LogP contribution is 2.43. The molecule has 0 saturated carbocycles. The van der Waals surface area contributed by atoms with Crippen LogP contribution in [-0.2, 0) is 22.7 Å². The largest absolute Gasteiger partial charge is 0.312 e. The van der Waals surface area contributed by atoms with Crippen LogP contribution in [0.2, 0.25) is 10.0 Å². The third kappa shape index (κ3) is 4.02. The molecule has 4 rings (SSSR count). The van der Waals surface area contributed by atoms with E-state index in [2.05, 4.69) is 5.32 Å². The van der Waals surface area contributed by atoms with E-state index >= 15 is 0 Å². The third-order valence-electron chi connectivity index (χ3n) is 5.13. The van der Waals surface area contributed by atoms with Gasteiger partial charge in [-0.3, -0.25) is 4.79 Å². The third-order valence-corrected chi connectivity index (χ3v) is 8.89. The van der Waals surface area contributed by atoms with Gasteiger partial charge in [0, 0.05) is 9.90 Å². The van der Waals surface area contributed by atoms with E-state index in [1.165, 1.54) is 23.5 Å². The predicted octanol–water partition coefficient (Wildman–Crippen LogP) is 6.33. The monoisotopic (exact) mass is 479 g/mol. The fourth-order valence-electron chi connectivity index (χ4n) is 3.58. The van der Waals surface area contributed by atoms with Gasteiger partial charge in [-0.2, -0.15) is 0 Å². The molecule has 0 saturated heterocycles. The van der Waals surface area contributed by atoms with Gasteiger partial charge in [0.2, 0.25) is 9.84 Å². The number of carbonyl (C=O) groups is 1. The Kier molecular flexibility index (Phi) is 5.95. The summed E-state index contributed by atoms with van der Waals surface area (Å²) < 4.78 is 27.1. The van der Waals surface area contributed by atoms with Gasteiger partial charge in [-0.05, 0) is 68.5 Å². The van der Waals surface area contributed by atoms with E-state index in [4.69, 9.17) is 23.2 Å². The van der Waals surface area contributed by atoms with Crippen LogP contribution in [-0.4, -0.2) is 14.3 Å². The van der Waals surface area contributed by atoms with Gasteiger partial charge in [-0.25, -0.2) is 8.42 Å². The van der Waals surface area contributed by atoms with Crippen LogP contribution in [0.4, 0.5) is 5.00 Å². The molecule has 1 N–H and O–H groups in total. The molecular weight excluding hydrogens is 461 g/mol. The maximum Gasteiger partial charge on any atom is 0.257 e. The molecule has 1 aromatic heterocycles. The second-order valence-corrected chi connectivity index (χ2v) is 11.1. The number of aryl methyl sites for hydroxylation is 2. The van der Waals surface area contributed by atoms with Gasteiger partial charge in [0.25, 0.3) is 5.91 Å². The van der Waals surface area contributed by atoms with Crippen molar-refractivity contribution in [2.24, 2.45) is 0 Å². The van der Waals surface area contributed by atoms with E-state index in [1.54, 1.807) is 30.3 Å². The Hall–Kier alpha value is -1.86. The first-order valence-electron chi connectivity index (χ1n) is 9.50. The standard InChI is InChI=1S/C22H19Cl2NO3S2/c1-13-6-9-15(10-7-13)30(27,28)20-17-4-2-3-5-19(17)29-22(20)25-21(26)16-11-8-14(23)12-18(16)24/h6-12H,2-5H2,1H3,(H,25,26). The molecule has 156 valence electrons. The van der Waals surface area contributed by atoms with Crippen molar-refractivity contribution in [3.8, 4) is 0 Å². The summed E-state index contributed by atoms with van der Waals surface area (Å²) in [5.74, 6) is -0.462. The lowest BCUT2D eigenvalue weighted by molar-refractivity contribution is 0.102. The fourth-order valence-corrected chi connectivity index (χ4v) is 7.35. The average molecular weight is 480 g/mol. The van der Waals surface area contributed by atoms with Crippen molar-refractivity contribution in [3.63, 3.8) is 0 Å². The number of rotatable bonds is 4. The van der Waals surface area contributed by atoms with Crippen LogP contribution in [0.1, 0.15) is 39.2 Å². The number of carbonyl (C=O) groups excluding carboxylic acids is 1. The molecule has 0 spiro atoms. The van der Waals surface area contributed by atoms with Crippen molar-refractivity contribution in [1.29, 1.82) is 0 Å². The molecule has 0 bridgehead atoms. The number of hydrogen-bond donors (Lipinski definition) is 1. The number of fused-ring (bicyclic) bond motifs is 1. The molecule has 2 aromatic carbocycles. The molecule has 1 amide bonds. The van der Waals surface area contributed by atoms with Gasteiger partial charge in [0.15, 0.2) is 0 Å². The molecule has 0 fully saturated rings. The van der Waals surface area contributed by atoms with Gasteiger partial charge in [0.1, 0.15) is 9.90 Å². The van der Waals surface area contributed by atoms with E-state index in [0.717, 1.165) is 35.3 Å². The normalized spacial score (nSPS) is 13.7. The summed E-state index contributed by atoms with van der Waals surface area (Å²) in [5, 5.41) is 3.78. The molecule has 1 aliphatic carbocycles. The van der Waals surface area contributed by atoms with E-state index in [-0.39, 0.29) is 20.4 Å². The van der Waals surface area contributed by atoms with Crippen LogP contribution in [0.5, 0.6) is 0 Å². The first-order valence-corrected chi connectivity index (χ1v) is 12.6. The topological polar surface area (TPSA) is 63.2 Å². The fraction of sp³-hybridized carbons (Fsp3) is 0.227. The van der Waals surface area contributed by atoms with E-state index < -0.39 is 15.7 Å². The highest BCUT2D eigenvalue weighted by Gasteiger charge is 2.32. The smallest absolute Gasteiger partial charge is 0.257 e. The summed E-state index contributed by atoms with van der Waals surface area (Å²) in [6.07, 6.45) is 3.43. The van der Waals surface area contributed by atoms with Gasteiger partial charge in [0.05, 0.1) is 15.5 Å². The molecular formula is C22H19Cl2NO3S2. The molecule has 0 unspecified atom stereocenters. The Morgan fingerprint density at radius 3 is 2.43 bits per heavy atom. The molecule has 30 heavy (non-hydrogen) atoms. The van der Waals surface area contributed by atoms with Crippen LogP contribution in [0.3, 0.4) is 0 Å². The summed E-state index contributed by atoms with van der Waals surface area (Å²) in [6.45, 7) is 1.91. The summed E-state index contributed by atoms with van der Waals surface area (Å²) in [4.78, 5) is 14.3. The summed E-state index contributed by atoms with van der Waals surface area (Å²) in [6, 6.07) is 11.4. The van der Waals surface area contributed by atoms with Crippen LogP contribution in [0.15, 0.2) is 52.3 Å². The van der Waals surface area contributed by atoms with E-state index in [9.17, 15) is 13.2 Å². The number of anilines is 1. The van der Waals surface area contributed by atoms with Gasteiger partial charge >= 0.3 is 0 Å². The highest BCUT2D eigenvalue weighted by atomic mass is 35.5. The Bertz CT molecular complexity index is 1230. The lowest BCUT2D eigenvalue weighted by atomic mass is 9.99. The lowest BCUT2D eigenvalue weighted by Crippen LogP contribution is -2.15. The first kappa shape index (κ1) is 21.4. The SMILES string of the molecule is Cc1ccc(S(=O)(=O)c2c(NC(=O)c3ccc(Cl)cc3Cl)sc3c2CCCC3)cc1. The van der Waals surface area contributed by atoms with Crippen molar-refractivity contribution in [1.82, 2.24) is 0 Å². The van der Waals surface area contributed by atoms with Crippen molar-refractivity contribution in [3.05, 3.63) is 74.1 Å². The number of thiophene rings is 1. The first-order chi connectivity index (χ1) is 14.3. The minimum Gasteiger partial charge on any atom is -0.312 e. The van der Waals surface area contributed by atoms with Crippen molar-refractivity contribution in [2.45, 2.75) is 42.4 Å². The Balaban J connectivity index is 1.80. The number of sulfone groups is 1. The minimum atomic E-state index is -3.79. The zero-order valence-corrected chi connectivity index (χ0v) is 19.3. The predicted molar refractivity (Wildman–Crippen MR) is 122 cm³/mol. The Morgan fingerprint density at radius 1 is 1.03 bits per heavy atom. The van der Waals surface area contributed by atoms with Gasteiger partial charge in [-0.15, -0.1) is 11.3 Å². The quantitative estimate of drug-likeness (QED) is 0.475. The molecule has 0 aliphatic heterocycles. The van der Waals surface area contributed by atoms with Crippen molar-refractivity contribution >= 4 is 55.3 Å². The Morgan fingerprint density at radius 2 is 1.73 bits per heavy atom. The number of halogens is 2. The molecule has 1 heterocycles. The lowest BCUT2D eigenvalue weighted by Gasteiger charge is -2.14. The van der Waals surface area contributed by atoms with Gasteiger partial charge < -0.3 is 5.32 Å². The Labute approximate surface area is 189 Å². The maximum absolute atomic E-state index is 13.5. The number of nitrogens with one attached hydrogen (secondary N) is 1. The van der Waals surface area contributed by atoms with Crippen LogP contribution in [0, 0.1) is 6.92 Å². The number of hydrogen-bond acceptors (Lipinski definition) is 4. The summed E-state index contributed by atoms with van der Waals surface area (Å²) in [5.41, 5.74) is 2.04. The maximum atomic E-state index is 13.5. The molecule has 3 aromatic rings. The summed E-state index contributed by atoms with van der Waals surface area (Å²) >= 11 is 13.4. The van der Waals surface area contributed by atoms with Crippen molar-refractivity contribution in [2.75, 3.05) is 5.32 Å². The van der Waals surface area contributed by atoms with E-state index in [1.807, 2.05) is 6.92 Å². The minimum absolute atomic E-state index is 0.212. The van der Waals surface area contributed by atoms with Gasteiger partial charge in [-0.1, -0.05) is 40.9 Å². The number of amides is 1.